The molecule has 0 aliphatic heterocycles. The summed E-state index contributed by atoms with van der Waals surface area (Å²) in [5.74, 6) is 0. The Morgan fingerprint density at radius 3 is 2.57 bits per heavy atom. The van der Waals surface area contributed by atoms with Crippen LogP contribution in [0.25, 0.3) is 0 Å². The molecule has 0 heterocycles. The van der Waals surface area contributed by atoms with Crippen LogP contribution in [-0.2, 0) is 5.41 Å². The molecule has 114 valence electrons. The van der Waals surface area contributed by atoms with Crippen molar-refractivity contribution in [2.45, 2.75) is 76.3 Å². The summed E-state index contributed by atoms with van der Waals surface area (Å²) in [6, 6.07) is 13.9. The van der Waals surface area contributed by atoms with Crippen molar-refractivity contribution in [3.63, 3.8) is 0 Å². The van der Waals surface area contributed by atoms with Crippen molar-refractivity contribution in [3.8, 4) is 6.07 Å². The molecule has 1 aromatic carbocycles. The lowest BCUT2D eigenvalue weighted by Crippen LogP contribution is -2.53. The van der Waals surface area contributed by atoms with Crippen molar-refractivity contribution in [2.75, 3.05) is 0 Å². The van der Waals surface area contributed by atoms with Crippen molar-refractivity contribution >= 4 is 0 Å². The number of hydrogen-bond acceptors (Lipinski definition) is 2. The second-order valence-electron chi connectivity index (χ2n) is 6.58. The highest BCUT2D eigenvalue weighted by molar-refractivity contribution is 5.36. The van der Waals surface area contributed by atoms with Crippen molar-refractivity contribution in [2.24, 2.45) is 0 Å². The molecule has 21 heavy (non-hydrogen) atoms. The third-order valence-electron chi connectivity index (χ3n) is 4.74. The quantitative estimate of drug-likeness (QED) is 0.710. The summed E-state index contributed by atoms with van der Waals surface area (Å²) in [5.41, 5.74) is 0.932. The first kappa shape index (κ1) is 16.0. The van der Waals surface area contributed by atoms with Gasteiger partial charge in [-0.1, -0.05) is 62.9 Å². The van der Waals surface area contributed by atoms with E-state index in [1.807, 2.05) is 18.2 Å². The number of nitriles is 1. The van der Waals surface area contributed by atoms with Crippen LogP contribution in [-0.4, -0.2) is 12.1 Å². The molecule has 1 aliphatic carbocycles. The minimum atomic E-state index is -0.249. The molecule has 0 spiro atoms. The van der Waals surface area contributed by atoms with Crippen LogP contribution in [0.2, 0.25) is 0 Å². The third kappa shape index (κ3) is 4.08. The van der Waals surface area contributed by atoms with E-state index >= 15 is 0 Å². The SMILES string of the molecule is CCCCCCC(C)NC1CC(C#N)(c2ccccc2)C1. The van der Waals surface area contributed by atoms with Gasteiger partial charge in [0.15, 0.2) is 0 Å². The van der Waals surface area contributed by atoms with E-state index in [0.29, 0.717) is 12.1 Å². The zero-order valence-electron chi connectivity index (χ0n) is 13.4. The molecule has 1 fully saturated rings. The normalized spacial score (nSPS) is 25.9. The van der Waals surface area contributed by atoms with Crippen LogP contribution in [0.15, 0.2) is 30.3 Å². The Morgan fingerprint density at radius 2 is 1.95 bits per heavy atom. The maximum atomic E-state index is 9.56. The van der Waals surface area contributed by atoms with Crippen LogP contribution >= 0.6 is 0 Å². The summed E-state index contributed by atoms with van der Waals surface area (Å²) < 4.78 is 0. The molecule has 1 aliphatic rings. The summed E-state index contributed by atoms with van der Waals surface area (Å²) in [4.78, 5) is 0. The molecule has 2 rings (SSSR count). The highest BCUT2D eigenvalue weighted by Gasteiger charge is 2.46. The highest BCUT2D eigenvalue weighted by Crippen LogP contribution is 2.43. The van der Waals surface area contributed by atoms with Crippen molar-refractivity contribution < 1.29 is 0 Å². The molecule has 0 radical (unpaired) electrons. The molecular weight excluding hydrogens is 256 g/mol. The van der Waals surface area contributed by atoms with Crippen molar-refractivity contribution in [3.05, 3.63) is 35.9 Å². The fourth-order valence-corrected chi connectivity index (χ4v) is 3.41. The number of unbranched alkanes of at least 4 members (excludes halogenated alkanes) is 3. The van der Waals surface area contributed by atoms with E-state index in [2.05, 4.69) is 37.4 Å². The van der Waals surface area contributed by atoms with Gasteiger partial charge in [-0.2, -0.15) is 5.26 Å². The monoisotopic (exact) mass is 284 g/mol. The predicted octanol–water partition coefficient (Wildman–Crippen LogP) is 4.56. The second kappa shape index (κ2) is 7.61. The lowest BCUT2D eigenvalue weighted by atomic mass is 9.62. The van der Waals surface area contributed by atoms with Crippen molar-refractivity contribution in [1.82, 2.24) is 5.32 Å². The molecule has 0 aromatic heterocycles. The van der Waals surface area contributed by atoms with Crippen molar-refractivity contribution in [1.29, 1.82) is 5.26 Å². The van der Waals surface area contributed by atoms with Gasteiger partial charge in [-0.15, -0.1) is 0 Å². The average molecular weight is 284 g/mol. The average Bonchev–Trinajstić information content (AvgIpc) is 2.48. The molecule has 0 saturated heterocycles. The van der Waals surface area contributed by atoms with Gasteiger partial charge in [0.05, 0.1) is 11.5 Å². The number of nitrogens with zero attached hydrogens (tertiary/aromatic N) is 1. The molecule has 1 saturated carbocycles. The molecule has 0 bridgehead atoms. The second-order valence-corrected chi connectivity index (χ2v) is 6.58. The van der Waals surface area contributed by atoms with E-state index < -0.39 is 0 Å². The van der Waals surface area contributed by atoms with Crippen LogP contribution in [0.1, 0.15) is 64.4 Å². The number of hydrogen-bond donors (Lipinski definition) is 1. The largest absolute Gasteiger partial charge is 0.311 e. The Bertz CT molecular complexity index is 454. The fourth-order valence-electron chi connectivity index (χ4n) is 3.41. The topological polar surface area (TPSA) is 35.8 Å². The summed E-state index contributed by atoms with van der Waals surface area (Å²) in [7, 11) is 0. The molecule has 1 aromatic rings. The van der Waals surface area contributed by atoms with Gasteiger partial charge in [0.2, 0.25) is 0 Å². The molecule has 1 unspecified atom stereocenters. The van der Waals surface area contributed by atoms with Crippen LogP contribution in [0.3, 0.4) is 0 Å². The van der Waals surface area contributed by atoms with Crippen LogP contribution in [0.4, 0.5) is 0 Å². The summed E-state index contributed by atoms with van der Waals surface area (Å²) in [6.45, 7) is 4.53. The Hall–Kier alpha value is -1.33. The van der Waals surface area contributed by atoms with Gasteiger partial charge in [0.1, 0.15) is 0 Å². The number of benzene rings is 1. The maximum Gasteiger partial charge on any atom is 0.0852 e. The Labute approximate surface area is 129 Å². The molecule has 1 atom stereocenters. The zero-order chi connectivity index (χ0) is 15.1. The highest BCUT2D eigenvalue weighted by atomic mass is 15.0. The van der Waals surface area contributed by atoms with Crippen LogP contribution in [0.5, 0.6) is 0 Å². The molecule has 2 heteroatoms. The third-order valence-corrected chi connectivity index (χ3v) is 4.74. The van der Waals surface area contributed by atoms with Gasteiger partial charge >= 0.3 is 0 Å². The van der Waals surface area contributed by atoms with Gasteiger partial charge in [-0.05, 0) is 31.7 Å². The first-order chi connectivity index (χ1) is 10.2. The van der Waals surface area contributed by atoms with E-state index in [1.54, 1.807) is 0 Å². The summed E-state index contributed by atoms with van der Waals surface area (Å²) in [6.07, 6.45) is 8.46. The van der Waals surface area contributed by atoms with Crippen LogP contribution in [0, 0.1) is 11.3 Å². The van der Waals surface area contributed by atoms with Gasteiger partial charge in [-0.25, -0.2) is 0 Å². The Kier molecular flexibility index (Phi) is 5.82. The first-order valence-corrected chi connectivity index (χ1v) is 8.43. The van der Waals surface area contributed by atoms with E-state index in [0.717, 1.165) is 12.8 Å². The number of nitrogens with one attached hydrogen (secondary N) is 1. The van der Waals surface area contributed by atoms with Gasteiger partial charge in [0, 0.05) is 12.1 Å². The predicted molar refractivity (Wildman–Crippen MR) is 88.1 cm³/mol. The Morgan fingerprint density at radius 1 is 1.24 bits per heavy atom. The molecule has 0 amide bonds. The van der Waals surface area contributed by atoms with E-state index in [9.17, 15) is 5.26 Å². The summed E-state index contributed by atoms with van der Waals surface area (Å²) in [5, 5.41) is 13.3. The fraction of sp³-hybridized carbons (Fsp3) is 0.632. The maximum absolute atomic E-state index is 9.56. The molecule has 1 N–H and O–H groups in total. The van der Waals surface area contributed by atoms with Crippen LogP contribution < -0.4 is 5.32 Å². The lowest BCUT2D eigenvalue weighted by molar-refractivity contribution is 0.208. The minimum Gasteiger partial charge on any atom is -0.311 e. The molecule has 2 nitrogen and oxygen atoms in total. The Balaban J connectivity index is 1.76. The number of rotatable bonds is 8. The van der Waals surface area contributed by atoms with E-state index in [-0.39, 0.29) is 5.41 Å². The van der Waals surface area contributed by atoms with Gasteiger partial charge in [0.25, 0.3) is 0 Å². The minimum absolute atomic E-state index is 0.249. The zero-order valence-corrected chi connectivity index (χ0v) is 13.4. The standard InChI is InChI=1S/C19H28N2/c1-3-4-5-7-10-16(2)21-18-13-19(14-18,15-20)17-11-8-6-9-12-17/h6,8-9,11-12,16,18,21H,3-5,7,10,13-14H2,1-2H3. The first-order valence-electron chi connectivity index (χ1n) is 8.43. The van der Waals surface area contributed by atoms with Gasteiger partial charge in [-0.3, -0.25) is 0 Å². The lowest BCUT2D eigenvalue weighted by Gasteiger charge is -2.44. The summed E-state index contributed by atoms with van der Waals surface area (Å²) >= 11 is 0. The molecular formula is C19H28N2. The smallest absolute Gasteiger partial charge is 0.0852 e. The van der Waals surface area contributed by atoms with E-state index in [1.165, 1.54) is 37.7 Å². The van der Waals surface area contributed by atoms with Gasteiger partial charge < -0.3 is 5.32 Å². The van der Waals surface area contributed by atoms with E-state index in [4.69, 9.17) is 0 Å².